The van der Waals surface area contributed by atoms with Gasteiger partial charge in [0.25, 0.3) is 0 Å². The van der Waals surface area contributed by atoms with Crippen LogP contribution in [0.25, 0.3) is 11.1 Å². The maximum absolute atomic E-state index is 12.3. The molecule has 3 N–H and O–H groups in total. The fraction of sp³-hybridized carbons (Fsp3) is 0.200. The van der Waals surface area contributed by atoms with Crippen LogP contribution in [0.15, 0.2) is 72.8 Å². The van der Waals surface area contributed by atoms with Gasteiger partial charge in [0.15, 0.2) is 0 Å². The number of hydrogen-bond acceptors (Lipinski definition) is 4. The molecule has 0 fully saturated rings. The van der Waals surface area contributed by atoms with E-state index >= 15 is 0 Å². The fourth-order valence-electron chi connectivity index (χ4n) is 3.19. The number of aliphatic hydroxyl groups is 1. The van der Waals surface area contributed by atoms with Gasteiger partial charge in [-0.15, -0.1) is 0 Å². The minimum atomic E-state index is -1.34. The van der Waals surface area contributed by atoms with Gasteiger partial charge in [0.2, 0.25) is 0 Å². The van der Waals surface area contributed by atoms with Gasteiger partial charge in [-0.2, -0.15) is 0 Å². The Bertz CT molecular complexity index is 1060. The molecule has 1 atom stereocenters. The summed E-state index contributed by atoms with van der Waals surface area (Å²) in [4.78, 5) is 24.6. The maximum Gasteiger partial charge on any atom is 0.313 e. The van der Waals surface area contributed by atoms with Gasteiger partial charge in [-0.25, -0.2) is 0 Å². The zero-order chi connectivity index (χ0) is 22.4. The zero-order valence-corrected chi connectivity index (χ0v) is 17.8. The van der Waals surface area contributed by atoms with E-state index in [0.717, 1.165) is 16.7 Å². The standard InChI is InChI=1S/C25H26N2O4/c1-17-9-14-22(31-3)21(15-17)27-24(29)23(28)26-16-25(2,30)20-12-10-19(11-13-20)18-7-5-4-6-8-18/h4-15,30H,16H2,1-3H3,(H,26,28)(H,27,29). The molecule has 0 aliphatic carbocycles. The van der Waals surface area contributed by atoms with Crippen LogP contribution in [0, 0.1) is 6.92 Å². The van der Waals surface area contributed by atoms with Crippen molar-refractivity contribution in [3.63, 3.8) is 0 Å². The maximum atomic E-state index is 12.3. The lowest BCUT2D eigenvalue weighted by Gasteiger charge is -2.24. The summed E-state index contributed by atoms with van der Waals surface area (Å²) in [6, 6.07) is 22.6. The topological polar surface area (TPSA) is 87.7 Å². The summed E-state index contributed by atoms with van der Waals surface area (Å²) < 4.78 is 5.21. The van der Waals surface area contributed by atoms with Crippen molar-refractivity contribution in [2.45, 2.75) is 19.4 Å². The van der Waals surface area contributed by atoms with E-state index in [4.69, 9.17) is 4.74 Å². The summed E-state index contributed by atoms with van der Waals surface area (Å²) in [7, 11) is 1.49. The third-order valence-electron chi connectivity index (χ3n) is 5.02. The number of benzene rings is 3. The number of hydrogen-bond donors (Lipinski definition) is 3. The first kappa shape index (κ1) is 22.1. The molecule has 3 aromatic carbocycles. The van der Waals surface area contributed by atoms with Gasteiger partial charge in [-0.1, -0.05) is 60.7 Å². The molecule has 6 heteroatoms. The molecule has 3 rings (SSSR count). The van der Waals surface area contributed by atoms with Gasteiger partial charge in [-0.3, -0.25) is 9.59 Å². The second-order valence-corrected chi connectivity index (χ2v) is 7.56. The number of rotatable bonds is 6. The lowest BCUT2D eigenvalue weighted by Crippen LogP contribution is -2.43. The van der Waals surface area contributed by atoms with Gasteiger partial charge >= 0.3 is 11.8 Å². The molecular weight excluding hydrogens is 392 g/mol. The van der Waals surface area contributed by atoms with E-state index in [1.165, 1.54) is 7.11 Å². The molecule has 3 aromatic rings. The van der Waals surface area contributed by atoms with Crippen molar-refractivity contribution < 1.29 is 19.4 Å². The highest BCUT2D eigenvalue weighted by atomic mass is 16.5. The van der Waals surface area contributed by atoms with Crippen molar-refractivity contribution in [1.29, 1.82) is 0 Å². The Labute approximate surface area is 181 Å². The zero-order valence-electron chi connectivity index (χ0n) is 17.8. The van der Waals surface area contributed by atoms with E-state index in [0.29, 0.717) is 17.0 Å². The van der Waals surface area contributed by atoms with Crippen molar-refractivity contribution in [2.24, 2.45) is 0 Å². The van der Waals surface area contributed by atoms with Gasteiger partial charge in [0.05, 0.1) is 19.3 Å². The van der Waals surface area contributed by atoms with E-state index in [2.05, 4.69) is 10.6 Å². The van der Waals surface area contributed by atoms with Crippen LogP contribution in [-0.2, 0) is 15.2 Å². The number of methoxy groups -OCH3 is 1. The Hall–Kier alpha value is -3.64. The van der Waals surface area contributed by atoms with Gasteiger partial charge in [-0.05, 0) is 48.2 Å². The van der Waals surface area contributed by atoms with E-state index in [1.54, 1.807) is 19.1 Å². The lowest BCUT2D eigenvalue weighted by molar-refractivity contribution is -0.136. The quantitative estimate of drug-likeness (QED) is 0.534. The predicted octanol–water partition coefficient (Wildman–Crippen LogP) is 3.63. The van der Waals surface area contributed by atoms with E-state index in [1.807, 2.05) is 67.6 Å². The number of aryl methyl sites for hydroxylation is 1. The molecule has 0 heterocycles. The van der Waals surface area contributed by atoms with E-state index in [9.17, 15) is 14.7 Å². The van der Waals surface area contributed by atoms with Gasteiger partial charge < -0.3 is 20.5 Å². The molecule has 0 spiro atoms. The average Bonchev–Trinajstić information content (AvgIpc) is 2.78. The summed E-state index contributed by atoms with van der Waals surface area (Å²) in [6.45, 7) is 3.34. The fourth-order valence-corrected chi connectivity index (χ4v) is 3.19. The third-order valence-corrected chi connectivity index (χ3v) is 5.02. The molecule has 0 aliphatic rings. The number of nitrogens with one attached hydrogen (secondary N) is 2. The molecule has 0 saturated heterocycles. The minimum Gasteiger partial charge on any atom is -0.495 e. The third kappa shape index (κ3) is 5.49. The SMILES string of the molecule is COc1ccc(C)cc1NC(=O)C(=O)NCC(C)(O)c1ccc(-c2ccccc2)cc1. The second kappa shape index (κ2) is 9.45. The first-order valence-electron chi connectivity index (χ1n) is 9.92. The van der Waals surface area contributed by atoms with Crippen LogP contribution < -0.4 is 15.4 Å². The second-order valence-electron chi connectivity index (χ2n) is 7.56. The van der Waals surface area contributed by atoms with Crippen LogP contribution >= 0.6 is 0 Å². The molecule has 1 unspecified atom stereocenters. The first-order valence-corrected chi connectivity index (χ1v) is 9.92. The van der Waals surface area contributed by atoms with Crippen LogP contribution in [0.5, 0.6) is 5.75 Å². The van der Waals surface area contributed by atoms with Crippen LogP contribution in [0.2, 0.25) is 0 Å². The number of amides is 2. The molecule has 160 valence electrons. The van der Waals surface area contributed by atoms with Crippen molar-refractivity contribution in [3.05, 3.63) is 83.9 Å². The van der Waals surface area contributed by atoms with Crippen molar-refractivity contribution in [3.8, 4) is 16.9 Å². The highest BCUT2D eigenvalue weighted by molar-refractivity contribution is 6.39. The monoisotopic (exact) mass is 418 g/mol. The molecule has 0 saturated carbocycles. The Morgan fingerprint density at radius 1 is 0.935 bits per heavy atom. The Balaban J connectivity index is 1.62. The molecule has 0 aromatic heterocycles. The number of carbonyl (C=O) groups excluding carboxylic acids is 2. The average molecular weight is 418 g/mol. The first-order chi connectivity index (χ1) is 14.8. The van der Waals surface area contributed by atoms with Gasteiger partial charge in [0.1, 0.15) is 11.4 Å². The Morgan fingerprint density at radius 2 is 1.58 bits per heavy atom. The number of carbonyl (C=O) groups is 2. The molecule has 0 aliphatic heterocycles. The number of anilines is 1. The van der Waals surface area contributed by atoms with Crippen LogP contribution in [0.1, 0.15) is 18.1 Å². The summed E-state index contributed by atoms with van der Waals surface area (Å²) in [5, 5.41) is 15.9. The highest BCUT2D eigenvalue weighted by Gasteiger charge is 2.26. The Kier molecular flexibility index (Phi) is 6.72. The van der Waals surface area contributed by atoms with E-state index in [-0.39, 0.29) is 6.54 Å². The summed E-state index contributed by atoms with van der Waals surface area (Å²) in [5.74, 6) is -1.22. The largest absolute Gasteiger partial charge is 0.495 e. The molecule has 6 nitrogen and oxygen atoms in total. The van der Waals surface area contributed by atoms with Crippen molar-refractivity contribution >= 4 is 17.5 Å². The predicted molar refractivity (Wildman–Crippen MR) is 121 cm³/mol. The molecule has 31 heavy (non-hydrogen) atoms. The van der Waals surface area contributed by atoms with Crippen LogP contribution in [-0.4, -0.2) is 30.6 Å². The highest BCUT2D eigenvalue weighted by Crippen LogP contribution is 2.26. The molecule has 0 radical (unpaired) electrons. The summed E-state index contributed by atoms with van der Waals surface area (Å²) >= 11 is 0. The van der Waals surface area contributed by atoms with Crippen molar-refractivity contribution in [1.82, 2.24) is 5.32 Å². The number of ether oxygens (including phenoxy) is 1. The summed E-state index contributed by atoms with van der Waals surface area (Å²) in [5.41, 5.74) is 2.71. The minimum absolute atomic E-state index is 0.116. The normalized spacial score (nSPS) is 12.5. The lowest BCUT2D eigenvalue weighted by atomic mass is 9.93. The van der Waals surface area contributed by atoms with Crippen LogP contribution in [0.3, 0.4) is 0 Å². The van der Waals surface area contributed by atoms with Crippen LogP contribution in [0.4, 0.5) is 5.69 Å². The Morgan fingerprint density at radius 3 is 2.23 bits per heavy atom. The van der Waals surface area contributed by atoms with Crippen molar-refractivity contribution in [2.75, 3.05) is 19.0 Å². The van der Waals surface area contributed by atoms with E-state index < -0.39 is 17.4 Å². The molecule has 2 amide bonds. The molecule has 0 bridgehead atoms. The molecular formula is C25H26N2O4. The smallest absolute Gasteiger partial charge is 0.313 e. The summed E-state index contributed by atoms with van der Waals surface area (Å²) in [6.07, 6.45) is 0. The van der Waals surface area contributed by atoms with Gasteiger partial charge in [0, 0.05) is 0 Å².